The summed E-state index contributed by atoms with van der Waals surface area (Å²) in [5.41, 5.74) is 2.10. The van der Waals surface area contributed by atoms with Gasteiger partial charge in [-0.25, -0.2) is 9.97 Å². The molecule has 9 heteroatoms. The number of hydrogen-bond acceptors (Lipinski definition) is 8. The number of piperazine rings is 1. The van der Waals surface area contributed by atoms with Crippen molar-refractivity contribution in [2.24, 2.45) is 0 Å². The van der Waals surface area contributed by atoms with Gasteiger partial charge in [0.15, 0.2) is 17.3 Å². The molecule has 1 aromatic carbocycles. The zero-order chi connectivity index (χ0) is 23.9. The summed E-state index contributed by atoms with van der Waals surface area (Å²) in [5.74, 6) is 2.86. The molecule has 2 aliphatic heterocycles. The molecular weight excluding hydrogens is 462 g/mol. The smallest absolute Gasteiger partial charge is 0.267 e. The van der Waals surface area contributed by atoms with Crippen LogP contribution in [0.5, 0.6) is 11.5 Å². The number of pyridine rings is 1. The third-order valence-electron chi connectivity index (χ3n) is 6.60. The Morgan fingerprint density at radius 3 is 2.60 bits per heavy atom. The molecular formula is C26H25N5O3S. The fraction of sp³-hybridized carbons (Fsp3) is 0.308. The maximum Gasteiger partial charge on any atom is 0.267 e. The summed E-state index contributed by atoms with van der Waals surface area (Å²) in [6.45, 7) is 7.03. The topological polar surface area (TPSA) is 80.7 Å². The molecule has 1 saturated heterocycles. The number of fused-ring (bicyclic) bond motifs is 2. The molecule has 0 saturated carbocycles. The highest BCUT2D eigenvalue weighted by Crippen LogP contribution is 2.37. The maximum absolute atomic E-state index is 13.2. The zero-order valence-corrected chi connectivity index (χ0v) is 20.4. The summed E-state index contributed by atoms with van der Waals surface area (Å²) in [6.07, 6.45) is 2.92. The number of aryl methyl sites for hydroxylation is 2. The largest absolute Gasteiger partial charge is 0.485 e. The molecule has 1 fully saturated rings. The number of benzene rings is 1. The number of amides is 1. The lowest BCUT2D eigenvalue weighted by molar-refractivity contribution is -0.141. The summed E-state index contributed by atoms with van der Waals surface area (Å²) < 4.78 is 11.7. The predicted molar refractivity (Wildman–Crippen MR) is 135 cm³/mol. The van der Waals surface area contributed by atoms with E-state index in [0.29, 0.717) is 43.5 Å². The van der Waals surface area contributed by atoms with Gasteiger partial charge in [0.05, 0.1) is 5.39 Å². The van der Waals surface area contributed by atoms with Crippen LogP contribution in [-0.2, 0) is 4.79 Å². The minimum Gasteiger partial charge on any atom is -0.485 e. The molecule has 0 radical (unpaired) electrons. The quantitative estimate of drug-likeness (QED) is 0.434. The van der Waals surface area contributed by atoms with Crippen LogP contribution in [0.15, 0.2) is 48.8 Å². The summed E-state index contributed by atoms with van der Waals surface area (Å²) in [4.78, 5) is 33.6. The van der Waals surface area contributed by atoms with E-state index in [1.807, 2.05) is 41.3 Å². The average molecular weight is 488 g/mol. The van der Waals surface area contributed by atoms with E-state index >= 15 is 0 Å². The Hall–Kier alpha value is -3.72. The number of aromatic nitrogens is 3. The number of hydrogen-bond donors (Lipinski definition) is 0. The van der Waals surface area contributed by atoms with Crippen LogP contribution in [0.2, 0.25) is 0 Å². The van der Waals surface area contributed by atoms with Gasteiger partial charge in [-0.15, -0.1) is 11.3 Å². The van der Waals surface area contributed by atoms with Crippen LogP contribution >= 0.6 is 11.3 Å². The lowest BCUT2D eigenvalue weighted by atomic mass is 10.1. The molecule has 6 rings (SSSR count). The van der Waals surface area contributed by atoms with Crippen molar-refractivity contribution in [3.63, 3.8) is 0 Å². The number of para-hydroxylation sites is 2. The van der Waals surface area contributed by atoms with Crippen LogP contribution in [0.3, 0.4) is 0 Å². The third kappa shape index (κ3) is 3.95. The van der Waals surface area contributed by atoms with Gasteiger partial charge in [-0.1, -0.05) is 12.1 Å². The van der Waals surface area contributed by atoms with E-state index in [1.54, 1.807) is 23.7 Å². The molecule has 0 bridgehead atoms. The van der Waals surface area contributed by atoms with Gasteiger partial charge in [0.2, 0.25) is 6.10 Å². The number of anilines is 1. The highest BCUT2D eigenvalue weighted by Gasteiger charge is 2.33. The molecule has 0 aliphatic carbocycles. The average Bonchev–Trinajstić information content (AvgIpc) is 3.21. The molecule has 0 N–H and O–H groups in total. The highest BCUT2D eigenvalue weighted by molar-refractivity contribution is 7.18. The first-order valence-electron chi connectivity index (χ1n) is 11.7. The molecule has 1 atom stereocenters. The third-order valence-corrected chi connectivity index (χ3v) is 7.71. The molecule has 1 unspecified atom stereocenters. The Morgan fingerprint density at radius 1 is 1.03 bits per heavy atom. The first-order valence-corrected chi connectivity index (χ1v) is 12.5. The van der Waals surface area contributed by atoms with Crippen LogP contribution < -0.4 is 14.4 Å². The van der Waals surface area contributed by atoms with Crippen molar-refractivity contribution >= 4 is 33.3 Å². The van der Waals surface area contributed by atoms with Crippen LogP contribution in [0, 0.1) is 13.8 Å². The zero-order valence-electron chi connectivity index (χ0n) is 19.6. The monoisotopic (exact) mass is 487 g/mol. The Bertz CT molecular complexity index is 1400. The van der Waals surface area contributed by atoms with Crippen molar-refractivity contribution in [3.05, 3.63) is 59.2 Å². The lowest BCUT2D eigenvalue weighted by Gasteiger charge is -2.38. The van der Waals surface area contributed by atoms with Gasteiger partial charge in [0.1, 0.15) is 17.3 Å². The molecule has 8 nitrogen and oxygen atoms in total. The second kappa shape index (κ2) is 8.81. The minimum absolute atomic E-state index is 0.0365. The molecule has 178 valence electrons. The fourth-order valence-electron chi connectivity index (χ4n) is 4.56. The van der Waals surface area contributed by atoms with Gasteiger partial charge >= 0.3 is 0 Å². The Labute approximate surface area is 207 Å². The van der Waals surface area contributed by atoms with Crippen molar-refractivity contribution in [1.29, 1.82) is 0 Å². The number of carbonyl (C=O) groups is 1. The first kappa shape index (κ1) is 21.8. The van der Waals surface area contributed by atoms with Gasteiger partial charge in [0.25, 0.3) is 5.91 Å². The molecule has 2 aliphatic rings. The van der Waals surface area contributed by atoms with Crippen LogP contribution in [-0.4, -0.2) is 64.6 Å². The van der Waals surface area contributed by atoms with Crippen molar-refractivity contribution in [2.45, 2.75) is 20.0 Å². The van der Waals surface area contributed by atoms with Crippen molar-refractivity contribution in [2.75, 3.05) is 37.7 Å². The van der Waals surface area contributed by atoms with Gasteiger partial charge in [0, 0.05) is 49.0 Å². The van der Waals surface area contributed by atoms with E-state index in [2.05, 4.69) is 23.7 Å². The molecule has 4 aromatic rings. The van der Waals surface area contributed by atoms with E-state index in [4.69, 9.17) is 19.4 Å². The standard InChI is InChI=1S/C26H25N5O3S/c1-16-17(2)35-25-22(16)24(28-23(29-25)18-6-5-9-27-14-18)30-10-12-31(13-11-30)26(32)21-15-33-19-7-3-4-8-20(19)34-21/h3-9,14,21H,10-13,15H2,1-2H3. The summed E-state index contributed by atoms with van der Waals surface area (Å²) >= 11 is 1.69. The normalized spacial score (nSPS) is 17.6. The van der Waals surface area contributed by atoms with Crippen LogP contribution in [0.1, 0.15) is 10.4 Å². The molecule has 3 aromatic heterocycles. The number of thiophene rings is 1. The summed E-state index contributed by atoms with van der Waals surface area (Å²) in [7, 11) is 0. The van der Waals surface area contributed by atoms with E-state index < -0.39 is 6.10 Å². The minimum atomic E-state index is -0.624. The highest BCUT2D eigenvalue weighted by atomic mass is 32.1. The number of ether oxygens (including phenoxy) is 2. The predicted octanol–water partition coefficient (Wildman–Crippen LogP) is 3.86. The van der Waals surface area contributed by atoms with Gasteiger partial charge in [-0.05, 0) is 43.7 Å². The number of nitrogens with zero attached hydrogens (tertiary/aromatic N) is 5. The van der Waals surface area contributed by atoms with Crippen LogP contribution in [0.25, 0.3) is 21.6 Å². The van der Waals surface area contributed by atoms with E-state index in [0.717, 1.165) is 21.6 Å². The second-order valence-corrected chi connectivity index (χ2v) is 9.96. The number of carbonyl (C=O) groups excluding carboxylic acids is 1. The van der Waals surface area contributed by atoms with E-state index in [-0.39, 0.29) is 12.5 Å². The van der Waals surface area contributed by atoms with Gasteiger partial charge < -0.3 is 19.3 Å². The van der Waals surface area contributed by atoms with Crippen molar-refractivity contribution in [1.82, 2.24) is 19.9 Å². The Morgan fingerprint density at radius 2 is 1.83 bits per heavy atom. The fourth-order valence-corrected chi connectivity index (χ4v) is 5.59. The molecule has 5 heterocycles. The number of rotatable bonds is 3. The second-order valence-electron chi connectivity index (χ2n) is 8.75. The van der Waals surface area contributed by atoms with Gasteiger partial charge in [-0.2, -0.15) is 0 Å². The van der Waals surface area contributed by atoms with E-state index in [1.165, 1.54) is 10.4 Å². The lowest BCUT2D eigenvalue weighted by Crippen LogP contribution is -2.54. The molecule has 1 amide bonds. The van der Waals surface area contributed by atoms with E-state index in [9.17, 15) is 4.79 Å². The first-order chi connectivity index (χ1) is 17.1. The summed E-state index contributed by atoms with van der Waals surface area (Å²) in [5, 5.41) is 1.10. The maximum atomic E-state index is 13.2. The summed E-state index contributed by atoms with van der Waals surface area (Å²) in [6, 6.07) is 11.3. The van der Waals surface area contributed by atoms with Crippen molar-refractivity contribution < 1.29 is 14.3 Å². The molecule has 0 spiro atoms. The van der Waals surface area contributed by atoms with Crippen molar-refractivity contribution in [3.8, 4) is 22.9 Å². The Kier molecular flexibility index (Phi) is 5.49. The SMILES string of the molecule is Cc1sc2nc(-c3cccnc3)nc(N3CCN(C(=O)C4COc5ccccc5O4)CC3)c2c1C. The molecule has 35 heavy (non-hydrogen) atoms. The Balaban J connectivity index is 1.23. The van der Waals surface area contributed by atoms with Crippen LogP contribution in [0.4, 0.5) is 5.82 Å². The van der Waals surface area contributed by atoms with Gasteiger partial charge in [-0.3, -0.25) is 9.78 Å².